The Bertz CT molecular complexity index is 615. The Kier molecular flexibility index (Phi) is 2.97. The number of carboxylic acid groups (broad SMARTS) is 1. The number of methoxy groups -OCH3 is 1. The summed E-state index contributed by atoms with van der Waals surface area (Å²) in [6.07, 6.45) is 0. The van der Waals surface area contributed by atoms with Crippen molar-refractivity contribution in [3.8, 4) is 17.0 Å². The highest BCUT2D eigenvalue weighted by Gasteiger charge is 2.17. The van der Waals surface area contributed by atoms with E-state index in [2.05, 4.69) is 9.97 Å². The first kappa shape index (κ1) is 11.4. The van der Waals surface area contributed by atoms with Crippen LogP contribution in [0.5, 0.6) is 5.75 Å². The summed E-state index contributed by atoms with van der Waals surface area (Å²) in [6, 6.07) is 7.13. The minimum absolute atomic E-state index is 0.0273. The monoisotopic (exact) mass is 250 g/mol. The van der Waals surface area contributed by atoms with Gasteiger partial charge in [0, 0.05) is 5.56 Å². The molecule has 0 aliphatic heterocycles. The van der Waals surface area contributed by atoms with Crippen molar-refractivity contribution in [2.75, 3.05) is 7.11 Å². The summed E-state index contributed by atoms with van der Waals surface area (Å²) in [7, 11) is 1.53. The predicted octanol–water partition coefficient (Wildman–Crippen LogP) is 2.45. The van der Waals surface area contributed by atoms with E-state index in [1.165, 1.54) is 7.11 Å². The largest absolute Gasteiger partial charge is 0.496 e. The molecule has 0 bridgehead atoms. The van der Waals surface area contributed by atoms with E-state index < -0.39 is 5.97 Å². The molecule has 6 heteroatoms. The molecule has 0 fully saturated rings. The van der Waals surface area contributed by atoms with Crippen molar-refractivity contribution in [1.29, 1.82) is 0 Å². The third-order valence-corrected chi connectivity index (χ3v) is 2.52. The first-order valence-corrected chi connectivity index (χ1v) is 5.23. The Labute approximate surface area is 102 Å². The zero-order chi connectivity index (χ0) is 12.4. The van der Waals surface area contributed by atoms with Gasteiger partial charge in [-0.2, -0.15) is 0 Å². The van der Waals surface area contributed by atoms with Crippen LogP contribution in [0, 0.1) is 4.77 Å². The highest BCUT2D eigenvalue weighted by molar-refractivity contribution is 7.71. The molecule has 0 atom stereocenters. The molecule has 0 aliphatic rings. The zero-order valence-corrected chi connectivity index (χ0v) is 9.80. The van der Waals surface area contributed by atoms with Gasteiger partial charge in [-0.3, -0.25) is 0 Å². The Morgan fingerprint density at radius 3 is 2.71 bits per heavy atom. The minimum Gasteiger partial charge on any atom is -0.496 e. The molecule has 17 heavy (non-hydrogen) atoms. The molecule has 0 amide bonds. The van der Waals surface area contributed by atoms with Gasteiger partial charge >= 0.3 is 5.97 Å². The van der Waals surface area contributed by atoms with Crippen molar-refractivity contribution >= 4 is 18.2 Å². The molecule has 1 aromatic heterocycles. The lowest BCUT2D eigenvalue weighted by atomic mass is 10.1. The van der Waals surface area contributed by atoms with Crippen molar-refractivity contribution < 1.29 is 14.6 Å². The molecule has 2 aromatic rings. The van der Waals surface area contributed by atoms with Crippen molar-refractivity contribution in [2.24, 2.45) is 0 Å². The van der Waals surface area contributed by atoms with Gasteiger partial charge < -0.3 is 19.8 Å². The number of ether oxygens (including phenoxy) is 1. The van der Waals surface area contributed by atoms with E-state index in [4.69, 9.17) is 22.1 Å². The molecular weight excluding hydrogens is 240 g/mol. The highest BCUT2D eigenvalue weighted by Crippen LogP contribution is 2.30. The second kappa shape index (κ2) is 4.42. The number of carboxylic acids is 1. The maximum Gasteiger partial charge on any atom is 0.354 e. The molecule has 0 spiro atoms. The van der Waals surface area contributed by atoms with Crippen LogP contribution in [0.4, 0.5) is 0 Å². The Morgan fingerprint density at radius 2 is 2.06 bits per heavy atom. The third-order valence-electron chi connectivity index (χ3n) is 2.32. The topological polar surface area (TPSA) is 78.1 Å². The van der Waals surface area contributed by atoms with Crippen LogP contribution in [0.15, 0.2) is 24.3 Å². The van der Waals surface area contributed by atoms with Gasteiger partial charge in [-0.05, 0) is 24.4 Å². The Hall–Kier alpha value is -2.08. The molecule has 2 rings (SSSR count). The first-order chi connectivity index (χ1) is 8.13. The van der Waals surface area contributed by atoms with Gasteiger partial charge in [-0.1, -0.05) is 12.1 Å². The number of hydrogen-bond acceptors (Lipinski definition) is 3. The molecule has 1 heterocycles. The number of aromatic carboxylic acids is 1. The number of carbonyl (C=O) groups is 1. The van der Waals surface area contributed by atoms with E-state index in [-0.39, 0.29) is 10.5 Å². The molecule has 0 unspecified atom stereocenters. The minimum atomic E-state index is -1.07. The number of nitrogens with one attached hydrogen (secondary N) is 2. The van der Waals surface area contributed by atoms with E-state index in [1.807, 2.05) is 6.07 Å². The number of rotatable bonds is 3. The third kappa shape index (κ3) is 2.07. The number of benzene rings is 1. The van der Waals surface area contributed by atoms with Crippen molar-refractivity contribution in [3.63, 3.8) is 0 Å². The van der Waals surface area contributed by atoms with E-state index in [9.17, 15) is 4.79 Å². The molecule has 3 N–H and O–H groups in total. The average molecular weight is 250 g/mol. The van der Waals surface area contributed by atoms with Crippen LogP contribution >= 0.6 is 12.2 Å². The van der Waals surface area contributed by atoms with Crippen LogP contribution in [0.1, 0.15) is 10.5 Å². The molecule has 1 aromatic carbocycles. The van der Waals surface area contributed by atoms with Gasteiger partial charge in [0.05, 0.1) is 12.8 Å². The molecule has 0 aliphatic carbocycles. The van der Waals surface area contributed by atoms with Crippen LogP contribution in [-0.4, -0.2) is 28.2 Å². The van der Waals surface area contributed by atoms with Crippen molar-refractivity contribution in [1.82, 2.24) is 9.97 Å². The summed E-state index contributed by atoms with van der Waals surface area (Å²) in [6.45, 7) is 0. The van der Waals surface area contributed by atoms with Crippen LogP contribution in [-0.2, 0) is 0 Å². The Balaban J connectivity index is 2.68. The van der Waals surface area contributed by atoms with Crippen molar-refractivity contribution in [3.05, 3.63) is 34.7 Å². The number of para-hydroxylation sites is 1. The van der Waals surface area contributed by atoms with E-state index in [1.54, 1.807) is 18.2 Å². The van der Waals surface area contributed by atoms with Crippen LogP contribution < -0.4 is 4.74 Å². The summed E-state index contributed by atoms with van der Waals surface area (Å²) < 4.78 is 5.45. The van der Waals surface area contributed by atoms with Gasteiger partial charge in [0.15, 0.2) is 10.5 Å². The second-order valence-corrected chi connectivity index (χ2v) is 3.74. The highest BCUT2D eigenvalue weighted by atomic mass is 32.1. The molecule has 0 radical (unpaired) electrons. The van der Waals surface area contributed by atoms with E-state index in [0.29, 0.717) is 17.0 Å². The number of imidazole rings is 1. The summed E-state index contributed by atoms with van der Waals surface area (Å²) in [5, 5.41) is 9.07. The molecular formula is C11H10N2O3S. The van der Waals surface area contributed by atoms with Crippen molar-refractivity contribution in [2.45, 2.75) is 0 Å². The maximum atomic E-state index is 11.1. The molecule has 5 nitrogen and oxygen atoms in total. The predicted molar refractivity (Wildman–Crippen MR) is 64.9 cm³/mol. The van der Waals surface area contributed by atoms with Gasteiger partial charge in [0.1, 0.15) is 5.75 Å². The van der Waals surface area contributed by atoms with Gasteiger partial charge in [0.2, 0.25) is 0 Å². The quantitative estimate of drug-likeness (QED) is 0.731. The number of H-pyrrole nitrogens is 2. The molecule has 0 saturated heterocycles. The van der Waals surface area contributed by atoms with Crippen LogP contribution in [0.2, 0.25) is 0 Å². The van der Waals surface area contributed by atoms with Crippen LogP contribution in [0.3, 0.4) is 0 Å². The average Bonchev–Trinajstić information content (AvgIpc) is 2.71. The van der Waals surface area contributed by atoms with E-state index in [0.717, 1.165) is 0 Å². The standard InChI is InChI=1S/C11H10N2O3S/c1-16-7-5-3-2-4-6(7)8-9(10(14)15)13-11(17)12-8/h2-5H,1H3,(H,14,15)(H2,12,13,17). The maximum absolute atomic E-state index is 11.1. The Morgan fingerprint density at radius 1 is 1.35 bits per heavy atom. The SMILES string of the molecule is COc1ccccc1-c1[nH]c(=S)[nH]c1C(=O)O. The smallest absolute Gasteiger partial charge is 0.354 e. The lowest BCUT2D eigenvalue weighted by Gasteiger charge is -2.06. The summed E-state index contributed by atoms with van der Waals surface area (Å²) in [5.74, 6) is -0.487. The second-order valence-electron chi connectivity index (χ2n) is 3.33. The number of aromatic nitrogens is 2. The molecule has 88 valence electrons. The fraction of sp³-hybridized carbons (Fsp3) is 0.0909. The number of aromatic amines is 2. The lowest BCUT2D eigenvalue weighted by Crippen LogP contribution is -2.00. The van der Waals surface area contributed by atoms with Gasteiger partial charge in [-0.15, -0.1) is 0 Å². The zero-order valence-electron chi connectivity index (χ0n) is 8.98. The van der Waals surface area contributed by atoms with E-state index >= 15 is 0 Å². The lowest BCUT2D eigenvalue weighted by molar-refractivity contribution is 0.0692. The fourth-order valence-corrected chi connectivity index (χ4v) is 1.80. The summed E-state index contributed by atoms with van der Waals surface area (Å²) in [5.41, 5.74) is 1.10. The first-order valence-electron chi connectivity index (χ1n) is 4.82. The fourth-order valence-electron chi connectivity index (χ4n) is 1.60. The summed E-state index contributed by atoms with van der Waals surface area (Å²) in [4.78, 5) is 16.5. The summed E-state index contributed by atoms with van der Waals surface area (Å²) >= 11 is 4.90. The molecule has 0 saturated carbocycles. The van der Waals surface area contributed by atoms with Gasteiger partial charge in [0.25, 0.3) is 0 Å². The normalized spacial score (nSPS) is 10.2. The number of hydrogen-bond donors (Lipinski definition) is 3. The van der Waals surface area contributed by atoms with Gasteiger partial charge in [-0.25, -0.2) is 4.79 Å². The van der Waals surface area contributed by atoms with Crippen LogP contribution in [0.25, 0.3) is 11.3 Å².